The van der Waals surface area contributed by atoms with Gasteiger partial charge in [-0.1, -0.05) is 6.07 Å². The van der Waals surface area contributed by atoms with Crippen molar-refractivity contribution in [2.24, 2.45) is 7.05 Å². The number of nitrogens with zero attached hydrogens (tertiary/aromatic N) is 5. The second-order valence-electron chi connectivity index (χ2n) is 5.23. The summed E-state index contributed by atoms with van der Waals surface area (Å²) in [7, 11) is 1.94. The Hall–Kier alpha value is -1.88. The minimum atomic E-state index is -0.134. The van der Waals surface area contributed by atoms with E-state index in [1.54, 1.807) is 6.20 Å². The maximum atomic E-state index is 6.30. The van der Waals surface area contributed by atoms with E-state index in [2.05, 4.69) is 25.7 Å². The molecule has 0 spiro atoms. The molecule has 21 heavy (non-hydrogen) atoms. The van der Waals surface area contributed by atoms with E-state index < -0.39 is 0 Å². The average molecular weight is 304 g/mol. The van der Waals surface area contributed by atoms with Crippen molar-refractivity contribution in [3.05, 3.63) is 41.6 Å². The Bertz CT molecular complexity index is 757. The molecule has 3 heterocycles. The predicted molar refractivity (Wildman–Crippen MR) is 83.4 cm³/mol. The van der Waals surface area contributed by atoms with Gasteiger partial charge in [0.05, 0.1) is 11.1 Å². The van der Waals surface area contributed by atoms with Crippen molar-refractivity contribution in [1.29, 1.82) is 0 Å². The van der Waals surface area contributed by atoms with Gasteiger partial charge < -0.3 is 4.57 Å². The Balaban J connectivity index is 2.01. The molecular weight excluding hydrogens is 286 g/mol. The molecule has 3 aromatic heterocycles. The zero-order valence-corrected chi connectivity index (χ0v) is 13.2. The molecule has 3 aromatic rings. The molecule has 1 atom stereocenters. The van der Waals surface area contributed by atoms with Crippen LogP contribution >= 0.6 is 11.6 Å². The van der Waals surface area contributed by atoms with Gasteiger partial charge >= 0.3 is 0 Å². The van der Waals surface area contributed by atoms with Crippen LogP contribution in [-0.2, 0) is 20.0 Å². The predicted octanol–water partition coefficient (Wildman–Crippen LogP) is 3.02. The lowest BCUT2D eigenvalue weighted by Gasteiger charge is -2.11. The molecule has 0 aliphatic rings. The van der Waals surface area contributed by atoms with Crippen molar-refractivity contribution in [3.8, 4) is 0 Å². The van der Waals surface area contributed by atoms with Crippen LogP contribution in [0.3, 0.4) is 0 Å². The zero-order valence-electron chi connectivity index (χ0n) is 12.4. The van der Waals surface area contributed by atoms with Crippen LogP contribution in [0.15, 0.2) is 24.5 Å². The van der Waals surface area contributed by atoms with Crippen molar-refractivity contribution in [3.63, 3.8) is 0 Å². The van der Waals surface area contributed by atoms with Gasteiger partial charge in [0.25, 0.3) is 0 Å². The molecular formula is C15H18ClN5. The van der Waals surface area contributed by atoms with Crippen molar-refractivity contribution in [2.75, 3.05) is 0 Å². The molecule has 0 saturated heterocycles. The lowest BCUT2D eigenvalue weighted by Crippen LogP contribution is -2.10. The molecule has 3 rings (SSSR count). The number of halogens is 1. The van der Waals surface area contributed by atoms with Gasteiger partial charge in [0.15, 0.2) is 5.65 Å². The Kier molecular flexibility index (Phi) is 3.68. The number of aryl methyl sites for hydroxylation is 4. The van der Waals surface area contributed by atoms with Gasteiger partial charge in [-0.2, -0.15) is 5.10 Å². The second-order valence-corrected chi connectivity index (χ2v) is 5.88. The van der Waals surface area contributed by atoms with Gasteiger partial charge in [-0.3, -0.25) is 9.67 Å². The highest BCUT2D eigenvalue weighted by Gasteiger charge is 2.19. The Morgan fingerprint density at radius 2 is 2.19 bits per heavy atom. The molecule has 0 amide bonds. The molecule has 0 fully saturated rings. The van der Waals surface area contributed by atoms with Gasteiger partial charge in [0, 0.05) is 26.0 Å². The molecule has 1 unspecified atom stereocenters. The average Bonchev–Trinajstić information content (AvgIpc) is 2.97. The maximum Gasteiger partial charge on any atom is 0.158 e. The summed E-state index contributed by atoms with van der Waals surface area (Å²) in [5.41, 5.74) is 4.10. The number of alkyl halides is 1. The molecule has 0 N–H and O–H groups in total. The summed E-state index contributed by atoms with van der Waals surface area (Å²) in [6, 6.07) is 4.04. The quantitative estimate of drug-likeness (QED) is 0.696. The fourth-order valence-corrected chi connectivity index (χ4v) is 2.83. The number of rotatable bonds is 4. The van der Waals surface area contributed by atoms with Crippen molar-refractivity contribution >= 4 is 22.8 Å². The first-order valence-corrected chi connectivity index (χ1v) is 7.44. The number of hydrogen-bond acceptors (Lipinski definition) is 3. The van der Waals surface area contributed by atoms with Gasteiger partial charge in [-0.15, -0.1) is 11.6 Å². The normalized spacial score (nSPS) is 13.0. The SMILES string of the molecule is Cc1nn(C)c2c1nc(C(C)Cl)n2CCc1cccnc1. The van der Waals surface area contributed by atoms with Crippen LogP contribution in [-0.4, -0.2) is 24.3 Å². The van der Waals surface area contributed by atoms with Gasteiger partial charge in [-0.25, -0.2) is 4.98 Å². The van der Waals surface area contributed by atoms with Crippen LogP contribution in [0.5, 0.6) is 0 Å². The van der Waals surface area contributed by atoms with Crippen molar-refractivity contribution in [1.82, 2.24) is 24.3 Å². The summed E-state index contributed by atoms with van der Waals surface area (Å²) in [6.45, 7) is 4.74. The Labute approximate surface area is 128 Å². The highest BCUT2D eigenvalue weighted by molar-refractivity contribution is 6.20. The third kappa shape index (κ3) is 2.53. The van der Waals surface area contributed by atoms with Crippen molar-refractivity contribution < 1.29 is 0 Å². The highest BCUT2D eigenvalue weighted by Crippen LogP contribution is 2.26. The van der Waals surface area contributed by atoms with Gasteiger partial charge in [-0.05, 0) is 31.9 Å². The summed E-state index contributed by atoms with van der Waals surface area (Å²) in [5.74, 6) is 0.895. The molecule has 0 bridgehead atoms. The lowest BCUT2D eigenvalue weighted by atomic mass is 10.2. The minimum absolute atomic E-state index is 0.134. The molecule has 0 aromatic carbocycles. The first-order valence-electron chi connectivity index (χ1n) is 7.00. The van der Waals surface area contributed by atoms with Crippen LogP contribution in [0.2, 0.25) is 0 Å². The molecule has 0 aliphatic heterocycles. The number of hydrogen-bond donors (Lipinski definition) is 0. The van der Waals surface area contributed by atoms with Crippen LogP contribution in [0.25, 0.3) is 11.2 Å². The van der Waals surface area contributed by atoms with Crippen LogP contribution in [0.4, 0.5) is 0 Å². The Morgan fingerprint density at radius 3 is 2.86 bits per heavy atom. The largest absolute Gasteiger partial charge is 0.311 e. The summed E-state index contributed by atoms with van der Waals surface area (Å²) >= 11 is 6.30. The first kappa shape index (κ1) is 14.1. The molecule has 0 saturated carbocycles. The molecule has 0 aliphatic carbocycles. The highest BCUT2D eigenvalue weighted by atomic mass is 35.5. The van der Waals surface area contributed by atoms with E-state index in [1.165, 1.54) is 5.56 Å². The molecule has 5 nitrogen and oxygen atoms in total. The monoisotopic (exact) mass is 303 g/mol. The van der Waals surface area contributed by atoms with E-state index in [1.807, 2.05) is 37.8 Å². The smallest absolute Gasteiger partial charge is 0.158 e. The van der Waals surface area contributed by atoms with Crippen LogP contribution < -0.4 is 0 Å². The topological polar surface area (TPSA) is 48.5 Å². The van der Waals surface area contributed by atoms with E-state index >= 15 is 0 Å². The lowest BCUT2D eigenvalue weighted by molar-refractivity contribution is 0.636. The van der Waals surface area contributed by atoms with E-state index in [0.717, 1.165) is 35.6 Å². The molecule has 110 valence electrons. The summed E-state index contributed by atoms with van der Waals surface area (Å²) in [4.78, 5) is 8.83. The van der Waals surface area contributed by atoms with E-state index in [4.69, 9.17) is 11.6 Å². The second kappa shape index (κ2) is 5.48. The molecule has 0 radical (unpaired) electrons. The summed E-state index contributed by atoms with van der Waals surface area (Å²) in [6.07, 6.45) is 4.57. The third-order valence-electron chi connectivity index (χ3n) is 3.62. The summed E-state index contributed by atoms with van der Waals surface area (Å²) < 4.78 is 4.05. The fourth-order valence-electron chi connectivity index (χ4n) is 2.66. The van der Waals surface area contributed by atoms with Crippen LogP contribution in [0.1, 0.15) is 29.4 Å². The number of imidazole rings is 1. The zero-order chi connectivity index (χ0) is 15.0. The van der Waals surface area contributed by atoms with Gasteiger partial charge in [0.1, 0.15) is 11.3 Å². The van der Waals surface area contributed by atoms with E-state index in [-0.39, 0.29) is 5.38 Å². The van der Waals surface area contributed by atoms with E-state index in [0.29, 0.717) is 0 Å². The van der Waals surface area contributed by atoms with Crippen molar-refractivity contribution in [2.45, 2.75) is 32.2 Å². The van der Waals surface area contributed by atoms with Crippen LogP contribution in [0, 0.1) is 6.92 Å². The number of fused-ring (bicyclic) bond motifs is 1. The summed E-state index contributed by atoms with van der Waals surface area (Å²) in [5, 5.41) is 4.31. The fraction of sp³-hybridized carbons (Fsp3) is 0.400. The minimum Gasteiger partial charge on any atom is -0.311 e. The van der Waals surface area contributed by atoms with Gasteiger partial charge in [0.2, 0.25) is 0 Å². The molecule has 6 heteroatoms. The third-order valence-corrected chi connectivity index (χ3v) is 3.82. The Morgan fingerprint density at radius 1 is 1.38 bits per heavy atom. The maximum absolute atomic E-state index is 6.30. The first-order chi connectivity index (χ1) is 10.1. The standard InChI is InChI=1S/C15H18ClN5/c1-10(16)14-18-13-11(2)19-20(3)15(13)21(14)8-6-12-5-4-7-17-9-12/h4-5,7,9-10H,6,8H2,1-3H3. The number of pyridine rings is 1. The van der Waals surface area contributed by atoms with E-state index in [9.17, 15) is 0 Å². The number of aromatic nitrogens is 5.